The van der Waals surface area contributed by atoms with E-state index in [0.717, 1.165) is 30.2 Å². The number of benzene rings is 2. The van der Waals surface area contributed by atoms with Crippen molar-refractivity contribution in [2.24, 2.45) is 0 Å². The van der Waals surface area contributed by atoms with Gasteiger partial charge in [0.1, 0.15) is 5.75 Å². The van der Waals surface area contributed by atoms with Crippen molar-refractivity contribution in [3.05, 3.63) is 64.7 Å². The zero-order chi connectivity index (χ0) is 17.9. The maximum atomic E-state index is 10.2. The SMILES string of the molecule is Oc1ccccc1C1CC2CCC(C1)N2CCNCc1ccc(Cl)cc1. The third kappa shape index (κ3) is 3.90. The van der Waals surface area contributed by atoms with E-state index in [2.05, 4.69) is 28.4 Å². The minimum atomic E-state index is 0.468. The monoisotopic (exact) mass is 370 g/mol. The summed E-state index contributed by atoms with van der Waals surface area (Å²) in [6.45, 7) is 3.01. The molecule has 0 spiro atoms. The summed E-state index contributed by atoms with van der Waals surface area (Å²) in [5.74, 6) is 0.974. The van der Waals surface area contributed by atoms with Gasteiger partial charge in [-0.05, 0) is 60.9 Å². The molecular weight excluding hydrogens is 344 g/mol. The van der Waals surface area contributed by atoms with Crippen LogP contribution in [0.15, 0.2) is 48.5 Å². The molecule has 0 saturated carbocycles. The molecule has 3 nitrogen and oxygen atoms in total. The first-order valence-electron chi connectivity index (χ1n) is 9.69. The maximum Gasteiger partial charge on any atom is 0.119 e. The van der Waals surface area contributed by atoms with Gasteiger partial charge in [-0.1, -0.05) is 41.9 Å². The minimum absolute atomic E-state index is 0.468. The lowest BCUT2D eigenvalue weighted by Gasteiger charge is -2.39. The van der Waals surface area contributed by atoms with Crippen LogP contribution in [0.3, 0.4) is 0 Å². The molecule has 0 aromatic heterocycles. The molecule has 2 aromatic rings. The second-order valence-corrected chi connectivity index (χ2v) is 8.09. The zero-order valence-corrected chi connectivity index (χ0v) is 15.8. The highest BCUT2D eigenvalue weighted by atomic mass is 35.5. The Labute approximate surface area is 161 Å². The van der Waals surface area contributed by atoms with Crippen LogP contribution in [0.25, 0.3) is 0 Å². The molecule has 138 valence electrons. The van der Waals surface area contributed by atoms with Gasteiger partial charge in [0.25, 0.3) is 0 Å². The predicted molar refractivity (Wildman–Crippen MR) is 107 cm³/mol. The van der Waals surface area contributed by atoms with Gasteiger partial charge in [0.15, 0.2) is 0 Å². The molecule has 26 heavy (non-hydrogen) atoms. The van der Waals surface area contributed by atoms with E-state index >= 15 is 0 Å². The molecule has 2 aromatic carbocycles. The molecule has 2 heterocycles. The number of para-hydroxylation sites is 1. The maximum absolute atomic E-state index is 10.2. The fourth-order valence-electron chi connectivity index (χ4n) is 4.77. The van der Waals surface area contributed by atoms with E-state index < -0.39 is 0 Å². The summed E-state index contributed by atoms with van der Waals surface area (Å²) in [4.78, 5) is 2.70. The molecule has 2 unspecified atom stereocenters. The lowest BCUT2D eigenvalue weighted by Crippen LogP contribution is -2.45. The van der Waals surface area contributed by atoms with Crippen molar-refractivity contribution in [3.63, 3.8) is 0 Å². The van der Waals surface area contributed by atoms with Crippen molar-refractivity contribution in [2.75, 3.05) is 13.1 Å². The van der Waals surface area contributed by atoms with Gasteiger partial charge in [-0.15, -0.1) is 0 Å². The van der Waals surface area contributed by atoms with E-state index in [-0.39, 0.29) is 0 Å². The fourth-order valence-corrected chi connectivity index (χ4v) is 4.90. The summed E-state index contributed by atoms with van der Waals surface area (Å²) in [7, 11) is 0. The molecule has 0 amide bonds. The normalized spacial score (nSPS) is 25.5. The molecule has 2 aliphatic heterocycles. The van der Waals surface area contributed by atoms with E-state index in [0.29, 0.717) is 23.8 Å². The molecule has 2 aliphatic rings. The summed E-state index contributed by atoms with van der Waals surface area (Å²) < 4.78 is 0. The largest absolute Gasteiger partial charge is 0.508 e. The van der Waals surface area contributed by atoms with Gasteiger partial charge in [0.05, 0.1) is 0 Å². The highest BCUT2D eigenvalue weighted by Crippen LogP contribution is 2.44. The van der Waals surface area contributed by atoms with Crippen molar-refractivity contribution in [2.45, 2.75) is 50.2 Å². The average molecular weight is 371 g/mol. The van der Waals surface area contributed by atoms with Crippen LogP contribution in [0, 0.1) is 0 Å². The molecule has 2 fully saturated rings. The van der Waals surface area contributed by atoms with E-state index in [1.54, 1.807) is 0 Å². The summed E-state index contributed by atoms with van der Waals surface area (Å²) in [5, 5.41) is 14.5. The summed E-state index contributed by atoms with van der Waals surface area (Å²) >= 11 is 5.94. The number of fused-ring (bicyclic) bond motifs is 2. The van der Waals surface area contributed by atoms with Crippen LogP contribution < -0.4 is 5.32 Å². The van der Waals surface area contributed by atoms with Crippen LogP contribution in [-0.4, -0.2) is 35.2 Å². The summed E-state index contributed by atoms with van der Waals surface area (Å²) in [6, 6.07) is 17.3. The van der Waals surface area contributed by atoms with Gasteiger partial charge >= 0.3 is 0 Å². The number of hydrogen-bond donors (Lipinski definition) is 2. The van der Waals surface area contributed by atoms with Gasteiger partial charge in [0.2, 0.25) is 0 Å². The highest BCUT2D eigenvalue weighted by Gasteiger charge is 2.41. The quantitative estimate of drug-likeness (QED) is 0.732. The Morgan fingerprint density at radius 1 is 1.00 bits per heavy atom. The number of rotatable bonds is 6. The summed E-state index contributed by atoms with van der Waals surface area (Å²) in [6.07, 6.45) is 4.94. The van der Waals surface area contributed by atoms with Crippen LogP contribution in [0.1, 0.15) is 42.7 Å². The van der Waals surface area contributed by atoms with Crippen molar-refractivity contribution in [1.29, 1.82) is 0 Å². The third-order valence-corrected chi connectivity index (χ3v) is 6.30. The number of nitrogens with zero attached hydrogens (tertiary/aromatic N) is 1. The van der Waals surface area contributed by atoms with Crippen LogP contribution in [0.4, 0.5) is 0 Å². The highest BCUT2D eigenvalue weighted by molar-refractivity contribution is 6.30. The molecule has 0 radical (unpaired) electrons. The van der Waals surface area contributed by atoms with Crippen LogP contribution in [0.5, 0.6) is 5.75 Å². The first-order valence-corrected chi connectivity index (χ1v) is 10.1. The van der Waals surface area contributed by atoms with Gasteiger partial charge in [-0.3, -0.25) is 4.90 Å². The average Bonchev–Trinajstić information content (AvgIpc) is 2.88. The molecule has 2 saturated heterocycles. The summed E-state index contributed by atoms with van der Waals surface area (Å²) in [5.41, 5.74) is 2.42. The molecule has 2 bridgehead atoms. The third-order valence-electron chi connectivity index (χ3n) is 6.05. The number of piperidine rings is 1. The van der Waals surface area contributed by atoms with Crippen LogP contribution in [-0.2, 0) is 6.54 Å². The lowest BCUT2D eigenvalue weighted by atomic mass is 9.84. The molecule has 4 heteroatoms. The topological polar surface area (TPSA) is 35.5 Å². The number of phenols is 1. The Hall–Kier alpha value is -1.55. The Kier molecular flexibility index (Phi) is 5.49. The van der Waals surface area contributed by atoms with Gasteiger partial charge in [0, 0.05) is 36.7 Å². The Morgan fingerprint density at radius 2 is 1.69 bits per heavy atom. The van der Waals surface area contributed by atoms with Gasteiger partial charge in [-0.25, -0.2) is 0 Å². The Morgan fingerprint density at radius 3 is 2.38 bits per heavy atom. The van der Waals surface area contributed by atoms with Crippen molar-refractivity contribution in [3.8, 4) is 5.75 Å². The smallest absolute Gasteiger partial charge is 0.119 e. The lowest BCUT2D eigenvalue weighted by molar-refractivity contribution is 0.127. The molecule has 0 aliphatic carbocycles. The molecule has 2 N–H and O–H groups in total. The van der Waals surface area contributed by atoms with E-state index in [9.17, 15) is 5.11 Å². The van der Waals surface area contributed by atoms with E-state index in [1.807, 2.05) is 30.3 Å². The zero-order valence-electron chi connectivity index (χ0n) is 15.1. The van der Waals surface area contributed by atoms with Crippen LogP contribution in [0.2, 0.25) is 5.02 Å². The van der Waals surface area contributed by atoms with Gasteiger partial charge < -0.3 is 10.4 Å². The number of nitrogens with one attached hydrogen (secondary N) is 1. The fraction of sp³-hybridized carbons (Fsp3) is 0.455. The number of aromatic hydroxyl groups is 1. The van der Waals surface area contributed by atoms with Crippen molar-refractivity contribution >= 4 is 11.6 Å². The second-order valence-electron chi connectivity index (χ2n) is 7.65. The number of halogens is 1. The number of phenolic OH excluding ortho intramolecular Hbond substituents is 1. The van der Waals surface area contributed by atoms with Gasteiger partial charge in [-0.2, -0.15) is 0 Å². The van der Waals surface area contributed by atoms with Crippen molar-refractivity contribution < 1.29 is 5.11 Å². The molecule has 2 atom stereocenters. The Bertz CT molecular complexity index is 719. The molecular formula is C22H27ClN2O. The van der Waals surface area contributed by atoms with Crippen molar-refractivity contribution in [1.82, 2.24) is 10.2 Å². The standard InChI is InChI=1S/C22H27ClN2O/c23-18-7-5-16(6-8-18)15-24-11-12-25-19-9-10-20(25)14-17(13-19)21-3-1-2-4-22(21)26/h1-8,17,19-20,24,26H,9-15H2. The Balaban J connectivity index is 1.28. The molecule has 4 rings (SSSR count). The van der Waals surface area contributed by atoms with E-state index in [1.165, 1.54) is 31.2 Å². The first kappa shape index (κ1) is 17.8. The van der Waals surface area contributed by atoms with E-state index in [4.69, 9.17) is 11.6 Å². The predicted octanol–water partition coefficient (Wildman–Crippen LogP) is 4.55. The first-order chi connectivity index (χ1) is 12.7. The second kappa shape index (κ2) is 7.99. The van der Waals surface area contributed by atoms with Crippen LogP contribution >= 0.6 is 11.6 Å². The number of hydrogen-bond acceptors (Lipinski definition) is 3. The minimum Gasteiger partial charge on any atom is -0.508 e.